The van der Waals surface area contributed by atoms with E-state index in [4.69, 9.17) is 0 Å². The Hall–Kier alpha value is -0.220. The van der Waals surface area contributed by atoms with Crippen LogP contribution in [0.2, 0.25) is 0 Å². The normalized spacial score (nSPS) is 13.1. The summed E-state index contributed by atoms with van der Waals surface area (Å²) in [5.74, 6) is 1.77. The summed E-state index contributed by atoms with van der Waals surface area (Å²) >= 11 is 7.56. The molecule has 0 radical (unpaired) electrons. The van der Waals surface area contributed by atoms with Crippen LogP contribution in [-0.4, -0.2) is 10.3 Å². The van der Waals surface area contributed by atoms with Crippen molar-refractivity contribution in [3.63, 3.8) is 0 Å². The van der Waals surface area contributed by atoms with Gasteiger partial charge in [0.05, 0.1) is 4.47 Å². The Morgan fingerprint density at radius 3 is 2.73 bits per heavy atom. The van der Waals surface area contributed by atoms with Crippen molar-refractivity contribution in [2.24, 2.45) is 11.8 Å². The van der Waals surface area contributed by atoms with Crippen LogP contribution in [0.5, 0.6) is 0 Å². The van der Waals surface area contributed by atoms with E-state index in [1.54, 1.807) is 10.6 Å². The summed E-state index contributed by atoms with van der Waals surface area (Å²) in [5, 5.41) is 0. The fourth-order valence-electron chi connectivity index (χ4n) is 1.38. The van der Waals surface area contributed by atoms with Gasteiger partial charge in [-0.3, -0.25) is 4.79 Å². The number of rotatable bonds is 4. The third-order valence-electron chi connectivity index (χ3n) is 2.58. The van der Waals surface area contributed by atoms with Crippen LogP contribution in [0.15, 0.2) is 27.6 Å². The molecule has 0 fully saturated rings. The number of hydrogen-bond donors (Lipinski definition) is 1. The molecule has 0 aliphatic rings. The first kappa shape index (κ1) is 12.8. The Morgan fingerprint density at radius 1 is 1.53 bits per heavy atom. The van der Waals surface area contributed by atoms with Crippen molar-refractivity contribution < 1.29 is 0 Å². The van der Waals surface area contributed by atoms with Gasteiger partial charge in [-0.25, -0.2) is 0 Å². The predicted molar refractivity (Wildman–Crippen MR) is 70.6 cm³/mol. The van der Waals surface area contributed by atoms with Crippen molar-refractivity contribution in [2.75, 3.05) is 5.75 Å². The van der Waals surface area contributed by atoms with Gasteiger partial charge in [0, 0.05) is 12.7 Å². The van der Waals surface area contributed by atoms with E-state index in [1.807, 2.05) is 12.3 Å². The molecule has 0 N–H and O–H groups in total. The number of thiol groups is 1. The monoisotopic (exact) mass is 289 g/mol. The maximum absolute atomic E-state index is 11.7. The number of pyridine rings is 1. The topological polar surface area (TPSA) is 22.0 Å². The summed E-state index contributed by atoms with van der Waals surface area (Å²) in [6.45, 7) is 5.05. The summed E-state index contributed by atoms with van der Waals surface area (Å²) in [6.07, 6.45) is 1.83. The zero-order valence-corrected chi connectivity index (χ0v) is 11.5. The molecule has 2 nitrogen and oxygen atoms in total. The Kier molecular flexibility index (Phi) is 4.93. The molecule has 1 aromatic rings. The summed E-state index contributed by atoms with van der Waals surface area (Å²) in [7, 11) is 0. The van der Waals surface area contributed by atoms with E-state index in [9.17, 15) is 4.79 Å². The fraction of sp³-hybridized carbons (Fsp3) is 0.545. The van der Waals surface area contributed by atoms with Crippen molar-refractivity contribution in [1.82, 2.24) is 4.57 Å². The molecular formula is C11H16BrNOS. The lowest BCUT2D eigenvalue weighted by Crippen LogP contribution is -2.26. The average Bonchev–Trinajstić information content (AvgIpc) is 2.19. The quantitative estimate of drug-likeness (QED) is 0.846. The summed E-state index contributed by atoms with van der Waals surface area (Å²) in [5.41, 5.74) is 0.0323. The van der Waals surface area contributed by atoms with Crippen LogP contribution in [0.1, 0.15) is 13.8 Å². The molecule has 15 heavy (non-hydrogen) atoms. The second kappa shape index (κ2) is 5.75. The van der Waals surface area contributed by atoms with E-state index in [1.165, 1.54) is 0 Å². The van der Waals surface area contributed by atoms with Gasteiger partial charge in [-0.1, -0.05) is 13.8 Å². The molecule has 0 saturated heterocycles. The van der Waals surface area contributed by atoms with Crippen LogP contribution in [0.4, 0.5) is 0 Å². The molecule has 1 atom stereocenters. The van der Waals surface area contributed by atoms with Crippen molar-refractivity contribution in [3.8, 4) is 0 Å². The molecule has 0 aliphatic heterocycles. The lowest BCUT2D eigenvalue weighted by molar-refractivity contribution is 0.367. The van der Waals surface area contributed by atoms with Gasteiger partial charge in [0.2, 0.25) is 0 Å². The Balaban J connectivity index is 2.89. The van der Waals surface area contributed by atoms with Crippen LogP contribution >= 0.6 is 28.6 Å². The van der Waals surface area contributed by atoms with E-state index in [0.717, 1.165) is 12.3 Å². The van der Waals surface area contributed by atoms with Crippen LogP contribution in [0.3, 0.4) is 0 Å². The molecule has 0 saturated carbocycles. The summed E-state index contributed by atoms with van der Waals surface area (Å²) < 4.78 is 2.36. The molecule has 0 amide bonds. The Morgan fingerprint density at radius 2 is 2.20 bits per heavy atom. The van der Waals surface area contributed by atoms with Crippen molar-refractivity contribution in [3.05, 3.63) is 33.2 Å². The first-order valence-electron chi connectivity index (χ1n) is 5.02. The largest absolute Gasteiger partial charge is 0.314 e. The number of halogens is 1. The van der Waals surface area contributed by atoms with Crippen LogP contribution in [0.25, 0.3) is 0 Å². The highest BCUT2D eigenvalue weighted by atomic mass is 79.9. The minimum absolute atomic E-state index is 0.0323. The number of nitrogens with zero attached hydrogens (tertiary/aromatic N) is 1. The SMILES string of the molecule is CC(C)C(CS)Cn1cccc(Br)c1=O. The smallest absolute Gasteiger partial charge is 0.264 e. The van der Waals surface area contributed by atoms with Crippen molar-refractivity contribution in [2.45, 2.75) is 20.4 Å². The van der Waals surface area contributed by atoms with Gasteiger partial charge in [-0.05, 0) is 45.7 Å². The van der Waals surface area contributed by atoms with Gasteiger partial charge >= 0.3 is 0 Å². The predicted octanol–water partition coefficient (Wildman–Crippen LogP) is 2.81. The first-order chi connectivity index (χ1) is 7.06. The minimum atomic E-state index is 0.0323. The maximum Gasteiger partial charge on any atom is 0.264 e. The van der Waals surface area contributed by atoms with Crippen LogP contribution < -0.4 is 5.56 Å². The van der Waals surface area contributed by atoms with Crippen LogP contribution in [0, 0.1) is 11.8 Å². The van der Waals surface area contributed by atoms with E-state index in [0.29, 0.717) is 16.3 Å². The molecule has 1 unspecified atom stereocenters. The molecule has 4 heteroatoms. The highest BCUT2D eigenvalue weighted by molar-refractivity contribution is 9.10. The second-order valence-electron chi connectivity index (χ2n) is 4.00. The van der Waals surface area contributed by atoms with Crippen LogP contribution in [-0.2, 0) is 6.54 Å². The highest BCUT2D eigenvalue weighted by Gasteiger charge is 2.13. The van der Waals surface area contributed by atoms with Gasteiger partial charge in [0.25, 0.3) is 5.56 Å². The molecule has 1 aromatic heterocycles. The molecule has 0 bridgehead atoms. The zero-order valence-electron chi connectivity index (χ0n) is 8.98. The summed E-state index contributed by atoms with van der Waals surface area (Å²) in [6, 6.07) is 3.64. The van der Waals surface area contributed by atoms with E-state index < -0.39 is 0 Å². The van der Waals surface area contributed by atoms with Crippen molar-refractivity contribution in [1.29, 1.82) is 0 Å². The Labute approximate surface area is 104 Å². The number of hydrogen-bond acceptors (Lipinski definition) is 2. The molecular weight excluding hydrogens is 274 g/mol. The van der Waals surface area contributed by atoms with Gasteiger partial charge < -0.3 is 4.57 Å². The van der Waals surface area contributed by atoms with E-state index >= 15 is 0 Å². The molecule has 0 aliphatic carbocycles. The van der Waals surface area contributed by atoms with Gasteiger partial charge in [-0.2, -0.15) is 12.6 Å². The standard InChI is InChI=1S/C11H16BrNOS/c1-8(2)9(7-15)6-13-5-3-4-10(12)11(13)14/h3-5,8-9,15H,6-7H2,1-2H3. The van der Waals surface area contributed by atoms with Gasteiger partial charge in [0.15, 0.2) is 0 Å². The van der Waals surface area contributed by atoms with E-state index in [-0.39, 0.29) is 5.56 Å². The lowest BCUT2D eigenvalue weighted by Gasteiger charge is -2.19. The third-order valence-corrected chi connectivity index (χ3v) is 3.65. The van der Waals surface area contributed by atoms with Gasteiger partial charge in [-0.15, -0.1) is 0 Å². The lowest BCUT2D eigenvalue weighted by atomic mass is 9.98. The average molecular weight is 290 g/mol. The molecule has 1 rings (SSSR count). The van der Waals surface area contributed by atoms with E-state index in [2.05, 4.69) is 42.4 Å². The fourth-order valence-corrected chi connectivity index (χ4v) is 2.30. The minimum Gasteiger partial charge on any atom is -0.314 e. The molecule has 0 spiro atoms. The second-order valence-corrected chi connectivity index (χ2v) is 5.22. The highest BCUT2D eigenvalue weighted by Crippen LogP contribution is 2.14. The summed E-state index contributed by atoms with van der Waals surface area (Å²) in [4.78, 5) is 11.7. The Bertz CT molecular complexity index is 375. The third kappa shape index (κ3) is 3.38. The first-order valence-corrected chi connectivity index (χ1v) is 6.44. The molecule has 84 valence electrons. The molecule has 1 heterocycles. The number of aromatic nitrogens is 1. The maximum atomic E-state index is 11.7. The van der Waals surface area contributed by atoms with Crippen molar-refractivity contribution >= 4 is 28.6 Å². The van der Waals surface area contributed by atoms with Gasteiger partial charge in [0.1, 0.15) is 0 Å². The molecule has 0 aromatic carbocycles. The zero-order chi connectivity index (χ0) is 11.4.